The van der Waals surface area contributed by atoms with Crippen LogP contribution in [0.3, 0.4) is 0 Å². The lowest BCUT2D eigenvalue weighted by Gasteiger charge is -2.11. The average Bonchev–Trinajstić information content (AvgIpc) is 3.23. The summed E-state index contributed by atoms with van der Waals surface area (Å²) in [6, 6.07) is 23.3. The molecule has 28 heavy (non-hydrogen) atoms. The van der Waals surface area contributed by atoms with Crippen molar-refractivity contribution in [2.45, 2.75) is 6.42 Å². The van der Waals surface area contributed by atoms with Gasteiger partial charge in [-0.25, -0.2) is 9.40 Å². The lowest BCUT2D eigenvalue weighted by atomic mass is 10.0. The third-order valence-corrected chi connectivity index (χ3v) is 4.43. The predicted octanol–water partition coefficient (Wildman–Crippen LogP) is 4.48. The third-order valence-electron chi connectivity index (χ3n) is 4.43. The molecule has 136 valence electrons. The Labute approximate surface area is 163 Å². The molecular formula is C24H17FN2O. The second-order valence-corrected chi connectivity index (χ2v) is 6.43. The summed E-state index contributed by atoms with van der Waals surface area (Å²) in [6.07, 6.45) is 0.649. The van der Waals surface area contributed by atoms with E-state index in [0.29, 0.717) is 18.5 Å². The molecule has 0 N–H and O–H groups in total. The van der Waals surface area contributed by atoms with Crippen molar-refractivity contribution in [3.8, 4) is 11.8 Å². The molecule has 3 nitrogen and oxygen atoms in total. The molecule has 0 aromatic heterocycles. The topological polar surface area (TPSA) is 32.7 Å². The van der Waals surface area contributed by atoms with E-state index in [4.69, 9.17) is 0 Å². The second-order valence-electron chi connectivity index (χ2n) is 6.43. The molecule has 0 aliphatic carbocycles. The van der Waals surface area contributed by atoms with E-state index in [-0.39, 0.29) is 5.91 Å². The van der Waals surface area contributed by atoms with Gasteiger partial charge in [0.15, 0.2) is 0 Å². The lowest BCUT2D eigenvalue weighted by Crippen LogP contribution is -2.23. The first kappa shape index (κ1) is 17.7. The normalized spacial score (nSPS) is 12.9. The summed E-state index contributed by atoms with van der Waals surface area (Å²) in [7, 11) is 0. The Morgan fingerprint density at radius 1 is 0.893 bits per heavy atom. The molecule has 0 atom stereocenters. The van der Waals surface area contributed by atoms with E-state index in [1.54, 1.807) is 6.07 Å². The van der Waals surface area contributed by atoms with Crippen LogP contribution in [-0.4, -0.2) is 23.2 Å². The van der Waals surface area contributed by atoms with Crippen molar-refractivity contribution in [3.05, 3.63) is 107 Å². The SMILES string of the molecule is O=C(c1cccc(F)c1)N1CCC(c2cccc(C#Cc3ccccc3)c2)=N1. The number of halogens is 1. The Kier molecular flexibility index (Phi) is 4.99. The first-order valence-corrected chi connectivity index (χ1v) is 9.01. The summed E-state index contributed by atoms with van der Waals surface area (Å²) >= 11 is 0. The number of amides is 1. The number of hydrogen-bond donors (Lipinski definition) is 0. The minimum absolute atomic E-state index is 0.297. The van der Waals surface area contributed by atoms with E-state index < -0.39 is 5.82 Å². The first-order chi connectivity index (χ1) is 13.7. The van der Waals surface area contributed by atoms with E-state index in [1.165, 1.54) is 23.2 Å². The standard InChI is InChI=1S/C24H17FN2O/c25-22-11-5-10-21(17-22)24(28)27-15-14-23(26-27)20-9-4-8-19(16-20)13-12-18-6-2-1-3-7-18/h1-11,16-17H,14-15H2. The van der Waals surface area contributed by atoms with Crippen molar-refractivity contribution in [2.75, 3.05) is 6.54 Å². The van der Waals surface area contributed by atoms with Crippen LogP contribution in [-0.2, 0) is 0 Å². The quantitative estimate of drug-likeness (QED) is 0.614. The molecule has 0 bridgehead atoms. The molecule has 4 rings (SSSR count). The number of hydrazone groups is 1. The van der Waals surface area contributed by atoms with Gasteiger partial charge in [-0.3, -0.25) is 4.79 Å². The van der Waals surface area contributed by atoms with Crippen molar-refractivity contribution in [2.24, 2.45) is 5.10 Å². The van der Waals surface area contributed by atoms with Crippen molar-refractivity contribution < 1.29 is 9.18 Å². The van der Waals surface area contributed by atoms with Crippen LogP contribution in [0, 0.1) is 17.7 Å². The van der Waals surface area contributed by atoms with Crippen LogP contribution in [0.1, 0.15) is 33.5 Å². The first-order valence-electron chi connectivity index (χ1n) is 9.01. The highest BCUT2D eigenvalue weighted by Gasteiger charge is 2.23. The minimum Gasteiger partial charge on any atom is -0.267 e. The molecule has 1 amide bonds. The van der Waals surface area contributed by atoms with Gasteiger partial charge in [-0.05, 0) is 48.0 Å². The second kappa shape index (κ2) is 7.89. The van der Waals surface area contributed by atoms with Crippen molar-refractivity contribution in [1.29, 1.82) is 0 Å². The molecule has 0 saturated carbocycles. The van der Waals surface area contributed by atoms with Gasteiger partial charge in [0, 0.05) is 23.1 Å². The number of hydrogen-bond acceptors (Lipinski definition) is 2. The van der Waals surface area contributed by atoms with Crippen LogP contribution in [0.4, 0.5) is 4.39 Å². The zero-order valence-electron chi connectivity index (χ0n) is 15.1. The van der Waals surface area contributed by atoms with Crippen LogP contribution >= 0.6 is 0 Å². The molecule has 1 aliphatic heterocycles. The van der Waals surface area contributed by atoms with Gasteiger partial charge < -0.3 is 0 Å². The maximum Gasteiger partial charge on any atom is 0.274 e. The number of nitrogens with zero attached hydrogens (tertiary/aromatic N) is 2. The molecule has 0 unspecified atom stereocenters. The van der Waals surface area contributed by atoms with Crippen LogP contribution in [0.5, 0.6) is 0 Å². The maximum atomic E-state index is 13.4. The highest BCUT2D eigenvalue weighted by atomic mass is 19.1. The van der Waals surface area contributed by atoms with E-state index >= 15 is 0 Å². The smallest absolute Gasteiger partial charge is 0.267 e. The predicted molar refractivity (Wildman–Crippen MR) is 107 cm³/mol. The van der Waals surface area contributed by atoms with Crippen LogP contribution in [0.2, 0.25) is 0 Å². The van der Waals surface area contributed by atoms with Gasteiger partial charge in [-0.1, -0.05) is 48.2 Å². The zero-order valence-corrected chi connectivity index (χ0v) is 15.1. The molecule has 3 aromatic rings. The molecule has 0 saturated heterocycles. The summed E-state index contributed by atoms with van der Waals surface area (Å²) in [4.78, 5) is 12.5. The van der Waals surface area contributed by atoms with Crippen molar-refractivity contribution >= 4 is 11.6 Å². The lowest BCUT2D eigenvalue weighted by molar-refractivity contribution is 0.0778. The molecule has 0 spiro atoms. The van der Waals surface area contributed by atoms with Gasteiger partial charge in [0.05, 0.1) is 12.3 Å². The Hall–Kier alpha value is -3.71. The molecular weight excluding hydrogens is 351 g/mol. The Balaban J connectivity index is 1.54. The molecule has 0 radical (unpaired) electrons. The fraction of sp³-hybridized carbons (Fsp3) is 0.0833. The molecule has 0 fully saturated rings. The average molecular weight is 368 g/mol. The van der Waals surface area contributed by atoms with Crippen LogP contribution in [0.25, 0.3) is 0 Å². The number of carbonyl (C=O) groups excluding carboxylic acids is 1. The van der Waals surface area contributed by atoms with Crippen LogP contribution < -0.4 is 0 Å². The number of carbonyl (C=O) groups is 1. The van der Waals surface area contributed by atoms with Gasteiger partial charge in [0.1, 0.15) is 5.82 Å². The van der Waals surface area contributed by atoms with E-state index in [0.717, 1.165) is 22.4 Å². The molecule has 1 aliphatic rings. The minimum atomic E-state index is -0.432. The summed E-state index contributed by atoms with van der Waals surface area (Å²) < 4.78 is 13.4. The van der Waals surface area contributed by atoms with Gasteiger partial charge >= 0.3 is 0 Å². The number of benzene rings is 3. The Morgan fingerprint density at radius 2 is 1.64 bits per heavy atom. The summed E-state index contributed by atoms with van der Waals surface area (Å²) in [6.45, 7) is 0.477. The summed E-state index contributed by atoms with van der Waals surface area (Å²) in [5, 5.41) is 5.85. The maximum absolute atomic E-state index is 13.4. The fourth-order valence-corrected chi connectivity index (χ4v) is 3.02. The third kappa shape index (κ3) is 3.99. The summed E-state index contributed by atoms with van der Waals surface area (Å²) in [5.74, 6) is 5.58. The van der Waals surface area contributed by atoms with E-state index in [2.05, 4.69) is 16.9 Å². The van der Waals surface area contributed by atoms with Gasteiger partial charge in [-0.2, -0.15) is 5.10 Å². The highest BCUT2D eigenvalue weighted by Crippen LogP contribution is 2.18. The number of rotatable bonds is 2. The van der Waals surface area contributed by atoms with Gasteiger partial charge in [-0.15, -0.1) is 0 Å². The Morgan fingerprint density at radius 3 is 2.46 bits per heavy atom. The molecule has 4 heteroatoms. The van der Waals surface area contributed by atoms with Crippen molar-refractivity contribution in [1.82, 2.24) is 5.01 Å². The van der Waals surface area contributed by atoms with Crippen LogP contribution in [0.15, 0.2) is 84.0 Å². The van der Waals surface area contributed by atoms with E-state index in [1.807, 2.05) is 54.6 Å². The molecule has 3 aromatic carbocycles. The highest BCUT2D eigenvalue weighted by molar-refractivity contribution is 6.04. The molecule has 1 heterocycles. The fourth-order valence-electron chi connectivity index (χ4n) is 3.02. The summed E-state index contributed by atoms with van der Waals surface area (Å²) in [5.41, 5.74) is 3.91. The zero-order chi connectivity index (χ0) is 19.3. The largest absolute Gasteiger partial charge is 0.274 e. The van der Waals surface area contributed by atoms with Gasteiger partial charge in [0.25, 0.3) is 5.91 Å². The van der Waals surface area contributed by atoms with Crippen molar-refractivity contribution in [3.63, 3.8) is 0 Å². The van der Waals surface area contributed by atoms with E-state index in [9.17, 15) is 9.18 Å². The monoisotopic (exact) mass is 368 g/mol. The Bertz CT molecular complexity index is 1110. The van der Waals surface area contributed by atoms with Gasteiger partial charge in [0.2, 0.25) is 0 Å².